The Hall–Kier alpha value is -1.89. The second kappa shape index (κ2) is 8.10. The Morgan fingerprint density at radius 2 is 1.83 bits per heavy atom. The maximum atomic E-state index is 12.3. The van der Waals surface area contributed by atoms with Gasteiger partial charge in [0.25, 0.3) is 5.91 Å². The topological polar surface area (TPSA) is 50.7 Å². The zero-order valence-electron chi connectivity index (χ0n) is 13.3. The summed E-state index contributed by atoms with van der Waals surface area (Å²) in [5, 5.41) is 4.33. The quantitative estimate of drug-likeness (QED) is 0.449. The molecular weight excluding hydrogens is 403 g/mol. The van der Waals surface area contributed by atoms with E-state index in [0.717, 1.165) is 20.6 Å². The van der Waals surface area contributed by atoms with Crippen LogP contribution in [-0.4, -0.2) is 18.7 Å². The number of nitrogens with zero attached hydrogens (tertiary/aromatic N) is 1. The maximum absolute atomic E-state index is 12.3. The highest BCUT2D eigenvalue weighted by Crippen LogP contribution is 2.21. The lowest BCUT2D eigenvalue weighted by atomic mass is 10.0. The first-order valence-electron chi connectivity index (χ1n) is 7.29. The van der Waals surface area contributed by atoms with Gasteiger partial charge in [-0.15, -0.1) is 0 Å². The summed E-state index contributed by atoms with van der Waals surface area (Å²) in [6, 6.07) is 15.1. The molecule has 2 aromatic carbocycles. The van der Waals surface area contributed by atoms with Gasteiger partial charge in [-0.3, -0.25) is 4.79 Å². The summed E-state index contributed by atoms with van der Waals surface area (Å²) >= 11 is 2.14. The number of nitrogens with one attached hydrogen (secondary N) is 1. The molecule has 0 fully saturated rings. The van der Waals surface area contributed by atoms with E-state index in [4.69, 9.17) is 4.74 Å². The summed E-state index contributed by atoms with van der Waals surface area (Å²) in [6.07, 6.45) is 0. The van der Waals surface area contributed by atoms with E-state index in [1.165, 1.54) is 0 Å². The van der Waals surface area contributed by atoms with Gasteiger partial charge in [-0.1, -0.05) is 44.2 Å². The molecule has 0 aliphatic heterocycles. The fourth-order valence-electron chi connectivity index (χ4n) is 2.12. The Morgan fingerprint density at radius 1 is 1.13 bits per heavy atom. The Morgan fingerprint density at radius 3 is 2.39 bits per heavy atom. The molecule has 4 nitrogen and oxygen atoms in total. The minimum absolute atomic E-state index is 0.203. The van der Waals surface area contributed by atoms with E-state index in [9.17, 15) is 4.79 Å². The number of benzene rings is 2. The highest BCUT2D eigenvalue weighted by atomic mass is 127. The van der Waals surface area contributed by atoms with Crippen LogP contribution in [0.5, 0.6) is 5.75 Å². The number of amides is 1. The highest BCUT2D eigenvalue weighted by Gasteiger charge is 2.11. The van der Waals surface area contributed by atoms with Crippen LogP contribution in [0.25, 0.3) is 0 Å². The average Bonchev–Trinajstić information content (AvgIpc) is 2.55. The van der Waals surface area contributed by atoms with Gasteiger partial charge < -0.3 is 4.74 Å². The van der Waals surface area contributed by atoms with Crippen LogP contribution in [0, 0.1) is 9.49 Å². The first-order valence-corrected chi connectivity index (χ1v) is 8.37. The minimum atomic E-state index is -0.236. The summed E-state index contributed by atoms with van der Waals surface area (Å²) in [5.74, 6) is 0.714. The molecule has 0 aliphatic carbocycles. The van der Waals surface area contributed by atoms with Crippen molar-refractivity contribution in [1.82, 2.24) is 5.43 Å². The maximum Gasteiger partial charge on any atom is 0.271 e. The van der Waals surface area contributed by atoms with E-state index in [1.807, 2.05) is 44.2 Å². The number of carbonyl (C=O) groups excluding carboxylic acids is 1. The molecule has 0 aromatic heterocycles. The Bertz CT molecular complexity index is 712. The Balaban J connectivity index is 2.19. The smallest absolute Gasteiger partial charge is 0.271 e. The lowest BCUT2D eigenvalue weighted by Crippen LogP contribution is -2.22. The van der Waals surface area contributed by atoms with Crippen molar-refractivity contribution < 1.29 is 9.53 Å². The number of hydrazone groups is 1. The van der Waals surface area contributed by atoms with Gasteiger partial charge in [0.15, 0.2) is 0 Å². The van der Waals surface area contributed by atoms with Crippen molar-refractivity contribution in [2.75, 3.05) is 7.11 Å². The number of methoxy groups -OCH3 is 1. The summed E-state index contributed by atoms with van der Waals surface area (Å²) in [6.45, 7) is 4.10. The van der Waals surface area contributed by atoms with Crippen molar-refractivity contribution in [3.63, 3.8) is 0 Å². The molecule has 0 bridgehead atoms. The van der Waals surface area contributed by atoms with E-state index in [1.54, 1.807) is 25.3 Å². The second-order valence-corrected chi connectivity index (χ2v) is 6.47. The van der Waals surface area contributed by atoms with Crippen molar-refractivity contribution >= 4 is 34.2 Å². The molecule has 0 radical (unpaired) electrons. The number of halogens is 1. The molecule has 5 heteroatoms. The Kier molecular flexibility index (Phi) is 6.15. The lowest BCUT2D eigenvalue weighted by molar-refractivity contribution is 0.0954. The number of ether oxygens (including phenoxy) is 1. The number of carbonyl (C=O) groups is 1. The minimum Gasteiger partial charge on any atom is -0.496 e. The first kappa shape index (κ1) is 17.5. The second-order valence-electron chi connectivity index (χ2n) is 5.31. The SMILES string of the molecule is COc1ccc(C(=O)NN=C(c2ccccc2)C(C)C)cc1I. The van der Waals surface area contributed by atoms with Crippen molar-refractivity contribution in [3.8, 4) is 5.75 Å². The molecule has 0 saturated carbocycles. The summed E-state index contributed by atoms with van der Waals surface area (Å²) < 4.78 is 6.08. The fourth-order valence-corrected chi connectivity index (χ4v) is 2.85. The summed E-state index contributed by atoms with van der Waals surface area (Å²) in [7, 11) is 1.61. The van der Waals surface area contributed by atoms with Crippen LogP contribution < -0.4 is 10.2 Å². The largest absolute Gasteiger partial charge is 0.496 e. The number of hydrogen-bond acceptors (Lipinski definition) is 3. The van der Waals surface area contributed by atoms with Gasteiger partial charge in [0.05, 0.1) is 16.4 Å². The van der Waals surface area contributed by atoms with E-state index >= 15 is 0 Å². The van der Waals surface area contributed by atoms with Crippen molar-refractivity contribution in [1.29, 1.82) is 0 Å². The first-order chi connectivity index (χ1) is 11.0. The zero-order valence-corrected chi connectivity index (χ0v) is 15.5. The van der Waals surface area contributed by atoms with E-state index < -0.39 is 0 Å². The standard InChI is InChI=1S/C18H19IN2O2/c1-12(2)17(13-7-5-4-6-8-13)20-21-18(22)14-9-10-16(23-3)15(19)11-14/h4-12H,1-3H3,(H,21,22). The molecule has 0 aliphatic rings. The van der Waals surface area contributed by atoms with Gasteiger partial charge in [0.1, 0.15) is 5.75 Å². The fraction of sp³-hybridized carbons (Fsp3) is 0.222. The average molecular weight is 422 g/mol. The van der Waals surface area contributed by atoms with E-state index in [-0.39, 0.29) is 11.8 Å². The lowest BCUT2D eigenvalue weighted by Gasteiger charge is -2.11. The van der Waals surface area contributed by atoms with Crippen molar-refractivity contribution in [3.05, 3.63) is 63.2 Å². The van der Waals surface area contributed by atoms with Gasteiger partial charge in [-0.05, 0) is 52.3 Å². The van der Waals surface area contributed by atoms with Crippen LogP contribution in [0.1, 0.15) is 29.8 Å². The van der Waals surface area contributed by atoms with Gasteiger partial charge in [-0.2, -0.15) is 5.10 Å². The molecule has 1 amide bonds. The normalized spacial score (nSPS) is 11.4. The summed E-state index contributed by atoms with van der Waals surface area (Å²) in [5.41, 5.74) is 5.06. The molecule has 120 valence electrons. The van der Waals surface area contributed by atoms with Crippen LogP contribution in [-0.2, 0) is 0 Å². The molecule has 0 unspecified atom stereocenters. The van der Waals surface area contributed by atoms with Crippen LogP contribution >= 0.6 is 22.6 Å². The molecule has 0 atom stereocenters. The van der Waals surface area contributed by atoms with Crippen LogP contribution in [0.2, 0.25) is 0 Å². The third kappa shape index (κ3) is 4.54. The van der Waals surface area contributed by atoms with E-state index in [2.05, 4.69) is 33.1 Å². The van der Waals surface area contributed by atoms with Gasteiger partial charge in [-0.25, -0.2) is 5.43 Å². The molecule has 23 heavy (non-hydrogen) atoms. The van der Waals surface area contributed by atoms with Crippen molar-refractivity contribution in [2.45, 2.75) is 13.8 Å². The zero-order chi connectivity index (χ0) is 16.8. The Labute approximate surface area is 150 Å². The van der Waals surface area contributed by atoms with Gasteiger partial charge in [0.2, 0.25) is 0 Å². The molecular formula is C18H19IN2O2. The third-order valence-electron chi connectivity index (χ3n) is 3.31. The third-order valence-corrected chi connectivity index (χ3v) is 4.15. The highest BCUT2D eigenvalue weighted by molar-refractivity contribution is 14.1. The molecule has 0 spiro atoms. The number of hydrogen-bond donors (Lipinski definition) is 1. The van der Waals surface area contributed by atoms with Gasteiger partial charge in [0, 0.05) is 5.56 Å². The summed E-state index contributed by atoms with van der Waals surface area (Å²) in [4.78, 5) is 12.3. The molecule has 2 rings (SSSR count). The number of rotatable bonds is 5. The van der Waals surface area contributed by atoms with Crippen LogP contribution in [0.4, 0.5) is 0 Å². The van der Waals surface area contributed by atoms with Crippen LogP contribution in [0.15, 0.2) is 53.6 Å². The molecule has 0 heterocycles. The van der Waals surface area contributed by atoms with E-state index in [0.29, 0.717) is 5.56 Å². The van der Waals surface area contributed by atoms with Gasteiger partial charge >= 0.3 is 0 Å². The predicted molar refractivity (Wildman–Crippen MR) is 101 cm³/mol. The molecule has 2 aromatic rings. The molecule has 0 saturated heterocycles. The monoisotopic (exact) mass is 422 g/mol. The predicted octanol–water partition coefficient (Wildman–Crippen LogP) is 4.09. The molecule has 1 N–H and O–H groups in total. The van der Waals surface area contributed by atoms with Crippen molar-refractivity contribution in [2.24, 2.45) is 11.0 Å². The van der Waals surface area contributed by atoms with Crippen LogP contribution in [0.3, 0.4) is 0 Å².